The van der Waals surface area contributed by atoms with Crippen LogP contribution < -0.4 is 9.96 Å². The van der Waals surface area contributed by atoms with E-state index in [-0.39, 0.29) is 17.6 Å². The quantitative estimate of drug-likeness (QED) is 0.590. The van der Waals surface area contributed by atoms with Crippen molar-refractivity contribution in [3.63, 3.8) is 0 Å². The minimum absolute atomic E-state index is 0.310. The minimum atomic E-state index is -0.941. The molecule has 3 aromatic carbocycles. The first-order chi connectivity index (χ1) is 15.0. The molecular weight excluding hydrogens is 395 g/mol. The lowest BCUT2D eigenvalue weighted by molar-refractivity contribution is -0.126. The van der Waals surface area contributed by atoms with Crippen LogP contribution in [0.5, 0.6) is 0 Å². The second-order valence-electron chi connectivity index (χ2n) is 8.01. The molecular formula is C25H21FN2O3. The predicted molar refractivity (Wildman–Crippen MR) is 115 cm³/mol. The van der Waals surface area contributed by atoms with Gasteiger partial charge in [0.15, 0.2) is 6.10 Å². The van der Waals surface area contributed by atoms with Crippen molar-refractivity contribution in [3.05, 3.63) is 95.3 Å². The van der Waals surface area contributed by atoms with Gasteiger partial charge in [-0.3, -0.25) is 14.4 Å². The van der Waals surface area contributed by atoms with Crippen molar-refractivity contribution in [2.24, 2.45) is 5.92 Å². The molecule has 5 nitrogen and oxygen atoms in total. The van der Waals surface area contributed by atoms with Crippen molar-refractivity contribution < 1.29 is 18.8 Å². The Morgan fingerprint density at radius 3 is 2.26 bits per heavy atom. The van der Waals surface area contributed by atoms with Crippen LogP contribution in [0.25, 0.3) is 0 Å². The lowest BCUT2D eigenvalue weighted by Crippen LogP contribution is -2.37. The largest absolute Gasteiger partial charge is 0.273 e. The lowest BCUT2D eigenvalue weighted by atomic mass is 9.90. The molecule has 2 heterocycles. The van der Waals surface area contributed by atoms with Crippen molar-refractivity contribution in [2.75, 3.05) is 9.96 Å². The number of hydroxylamine groups is 1. The number of aryl methyl sites for hydroxylation is 2. The molecule has 2 aliphatic heterocycles. The number of amides is 2. The SMILES string of the molecule is Cc1ccc(N2C(=O)[C@H]3[C@H](ON(c4ccccc4)[C@@H]3c3ccc(F)cc3)C2=O)c(C)c1. The zero-order valence-corrected chi connectivity index (χ0v) is 17.2. The van der Waals surface area contributed by atoms with Crippen molar-refractivity contribution >= 4 is 23.2 Å². The van der Waals surface area contributed by atoms with Gasteiger partial charge in [0.2, 0.25) is 5.91 Å². The van der Waals surface area contributed by atoms with Gasteiger partial charge in [0.25, 0.3) is 5.91 Å². The Morgan fingerprint density at radius 1 is 0.871 bits per heavy atom. The molecule has 0 radical (unpaired) electrons. The Morgan fingerprint density at radius 2 is 1.58 bits per heavy atom. The van der Waals surface area contributed by atoms with Crippen molar-refractivity contribution in [2.45, 2.75) is 26.0 Å². The molecule has 3 atom stereocenters. The first kappa shape index (κ1) is 19.5. The number of benzene rings is 3. The van der Waals surface area contributed by atoms with Crippen LogP contribution in [-0.2, 0) is 14.4 Å². The van der Waals surface area contributed by atoms with Crippen LogP contribution in [-0.4, -0.2) is 17.9 Å². The summed E-state index contributed by atoms with van der Waals surface area (Å²) in [4.78, 5) is 34.3. The molecule has 0 aliphatic carbocycles. The maximum Gasteiger partial charge on any atom is 0.266 e. The van der Waals surface area contributed by atoms with Gasteiger partial charge >= 0.3 is 0 Å². The summed E-state index contributed by atoms with van der Waals surface area (Å²) in [6.45, 7) is 3.84. The highest BCUT2D eigenvalue weighted by molar-refractivity contribution is 6.24. The Kier molecular flexibility index (Phi) is 4.59. The van der Waals surface area contributed by atoms with E-state index < -0.39 is 18.1 Å². The van der Waals surface area contributed by atoms with E-state index in [1.165, 1.54) is 17.0 Å². The summed E-state index contributed by atoms with van der Waals surface area (Å²) in [5.41, 5.74) is 3.91. The normalized spacial score (nSPS) is 22.9. The van der Waals surface area contributed by atoms with Crippen molar-refractivity contribution in [1.82, 2.24) is 0 Å². The Balaban J connectivity index is 1.59. The third-order valence-electron chi connectivity index (χ3n) is 5.93. The van der Waals surface area contributed by atoms with Crippen LogP contribution in [0.2, 0.25) is 0 Å². The smallest absolute Gasteiger partial charge is 0.266 e. The molecule has 5 rings (SSSR count). The minimum Gasteiger partial charge on any atom is -0.273 e. The molecule has 2 fully saturated rings. The highest BCUT2D eigenvalue weighted by Gasteiger charge is 2.60. The van der Waals surface area contributed by atoms with Crippen LogP contribution in [0.3, 0.4) is 0 Å². The van der Waals surface area contributed by atoms with Gasteiger partial charge in [-0.1, -0.05) is 48.0 Å². The van der Waals surface area contributed by atoms with Crippen molar-refractivity contribution in [3.8, 4) is 0 Å². The number of carbonyl (C=O) groups is 2. The summed E-state index contributed by atoms with van der Waals surface area (Å²) in [6, 6.07) is 20.4. The first-order valence-corrected chi connectivity index (χ1v) is 10.2. The molecule has 2 aliphatic rings. The highest BCUT2D eigenvalue weighted by Crippen LogP contribution is 2.47. The number of hydrogen-bond donors (Lipinski definition) is 0. The number of para-hydroxylation sites is 1. The Hall–Kier alpha value is -3.51. The topological polar surface area (TPSA) is 49.9 Å². The van der Waals surface area contributed by atoms with Crippen LogP contribution in [0.4, 0.5) is 15.8 Å². The fourth-order valence-corrected chi connectivity index (χ4v) is 4.51. The number of rotatable bonds is 3. The van der Waals surface area contributed by atoms with Crippen LogP contribution in [0.1, 0.15) is 22.7 Å². The summed E-state index contributed by atoms with van der Waals surface area (Å²) >= 11 is 0. The number of fused-ring (bicyclic) bond motifs is 1. The zero-order valence-electron chi connectivity index (χ0n) is 17.2. The van der Waals surface area contributed by atoms with Crippen LogP contribution in [0.15, 0.2) is 72.8 Å². The Labute approximate surface area is 179 Å². The van der Waals surface area contributed by atoms with E-state index in [9.17, 15) is 14.0 Å². The van der Waals surface area contributed by atoms with Gasteiger partial charge in [-0.2, -0.15) is 0 Å². The molecule has 31 heavy (non-hydrogen) atoms. The number of hydrogen-bond acceptors (Lipinski definition) is 4. The number of carbonyl (C=O) groups excluding carboxylic acids is 2. The third-order valence-corrected chi connectivity index (χ3v) is 5.93. The number of imide groups is 1. The average molecular weight is 416 g/mol. The Bertz CT molecular complexity index is 1160. The maximum atomic E-state index is 13.6. The fraction of sp³-hybridized carbons (Fsp3) is 0.200. The molecule has 156 valence electrons. The second kappa shape index (κ2) is 7.32. The molecule has 0 spiro atoms. The molecule has 0 unspecified atom stereocenters. The lowest BCUT2D eigenvalue weighted by Gasteiger charge is -2.29. The number of anilines is 2. The second-order valence-corrected chi connectivity index (χ2v) is 8.01. The van der Waals surface area contributed by atoms with Crippen molar-refractivity contribution in [1.29, 1.82) is 0 Å². The van der Waals surface area contributed by atoms with Gasteiger partial charge in [-0.05, 0) is 55.3 Å². The van der Waals surface area contributed by atoms with E-state index in [2.05, 4.69) is 0 Å². The van der Waals surface area contributed by atoms with Gasteiger partial charge in [0.05, 0.1) is 17.4 Å². The number of halogens is 1. The monoisotopic (exact) mass is 416 g/mol. The molecule has 0 saturated carbocycles. The average Bonchev–Trinajstić information content (AvgIpc) is 3.26. The van der Waals surface area contributed by atoms with E-state index >= 15 is 0 Å². The zero-order chi connectivity index (χ0) is 21.7. The van der Waals surface area contributed by atoms with Gasteiger partial charge in [-0.25, -0.2) is 14.4 Å². The predicted octanol–water partition coefficient (Wildman–Crippen LogP) is 4.49. The van der Waals surface area contributed by atoms with Gasteiger partial charge in [0, 0.05) is 0 Å². The number of nitrogens with zero attached hydrogens (tertiary/aromatic N) is 2. The molecule has 2 amide bonds. The van der Waals surface area contributed by atoms with Gasteiger partial charge in [-0.15, -0.1) is 0 Å². The van der Waals surface area contributed by atoms with E-state index in [1.807, 2.05) is 56.3 Å². The first-order valence-electron chi connectivity index (χ1n) is 10.2. The van der Waals surface area contributed by atoms with Gasteiger partial charge < -0.3 is 0 Å². The van der Waals surface area contributed by atoms with E-state index in [0.29, 0.717) is 11.3 Å². The van der Waals surface area contributed by atoms with Crippen LogP contribution in [0, 0.1) is 25.6 Å². The van der Waals surface area contributed by atoms with E-state index in [1.54, 1.807) is 23.3 Å². The molecule has 0 N–H and O–H groups in total. The summed E-state index contributed by atoms with van der Waals surface area (Å²) in [6.07, 6.45) is -0.941. The third kappa shape index (κ3) is 3.11. The molecule has 0 bridgehead atoms. The molecule has 3 aromatic rings. The summed E-state index contributed by atoms with van der Waals surface area (Å²) in [5, 5.41) is 1.61. The van der Waals surface area contributed by atoms with Gasteiger partial charge in [0.1, 0.15) is 11.7 Å². The standard InChI is InChI=1S/C25H21FN2O3/c1-15-8-13-20(16(2)14-15)27-24(29)21-22(17-9-11-18(26)12-10-17)28(31-23(21)25(27)30)19-6-4-3-5-7-19/h3-14,21-23H,1-2H3/t21-,22-,23+/m1/s1. The molecule has 0 aromatic heterocycles. The van der Waals surface area contributed by atoms with E-state index in [0.717, 1.165) is 16.8 Å². The summed E-state index contributed by atoms with van der Waals surface area (Å²) < 4.78 is 13.6. The van der Waals surface area contributed by atoms with Crippen LogP contribution >= 0.6 is 0 Å². The highest BCUT2D eigenvalue weighted by atomic mass is 19.1. The molecule has 6 heteroatoms. The summed E-state index contributed by atoms with van der Waals surface area (Å²) in [7, 11) is 0. The summed E-state index contributed by atoms with van der Waals surface area (Å²) in [5.74, 6) is -1.79. The van der Waals surface area contributed by atoms with E-state index in [4.69, 9.17) is 4.84 Å². The maximum absolute atomic E-state index is 13.6. The molecule has 2 saturated heterocycles. The fourth-order valence-electron chi connectivity index (χ4n) is 4.51.